The Morgan fingerprint density at radius 1 is 1.25 bits per heavy atom. The molecule has 0 amide bonds. The van der Waals surface area contributed by atoms with Crippen LogP contribution in [0.15, 0.2) is 5.03 Å². The van der Waals surface area contributed by atoms with Gasteiger partial charge < -0.3 is 10.1 Å². The smallest absolute Gasteiger partial charge is 0.133 e. The molecule has 0 saturated carbocycles. The molecule has 0 spiro atoms. The first kappa shape index (κ1) is 15.6. The molecule has 4 nitrogen and oxygen atoms in total. The number of thioether (sulfide) groups is 1. The largest absolute Gasteiger partial charge is 0.381 e. The van der Waals surface area contributed by atoms with Gasteiger partial charge in [0.2, 0.25) is 0 Å². The lowest BCUT2D eigenvalue weighted by Crippen LogP contribution is -2.18. The Labute approximate surface area is 126 Å². The van der Waals surface area contributed by atoms with Gasteiger partial charge in [-0.3, -0.25) is 0 Å². The van der Waals surface area contributed by atoms with Crippen LogP contribution < -0.4 is 5.32 Å². The maximum Gasteiger partial charge on any atom is 0.133 e. The third kappa shape index (κ3) is 4.09. The highest BCUT2D eigenvalue weighted by Crippen LogP contribution is 2.32. The minimum absolute atomic E-state index is 0.626. The van der Waals surface area contributed by atoms with Gasteiger partial charge in [0.05, 0.1) is 0 Å². The lowest BCUT2D eigenvalue weighted by Gasteiger charge is -2.22. The van der Waals surface area contributed by atoms with Crippen molar-refractivity contribution in [1.82, 2.24) is 9.97 Å². The summed E-state index contributed by atoms with van der Waals surface area (Å²) in [5, 5.41) is 5.19. The van der Waals surface area contributed by atoms with E-state index in [-0.39, 0.29) is 0 Å². The van der Waals surface area contributed by atoms with Crippen LogP contribution in [-0.2, 0) is 11.2 Å². The van der Waals surface area contributed by atoms with E-state index in [0.29, 0.717) is 5.25 Å². The number of nitrogens with zero attached hydrogens (tertiary/aromatic N) is 2. The predicted molar refractivity (Wildman–Crippen MR) is 84.6 cm³/mol. The maximum absolute atomic E-state index is 5.43. The van der Waals surface area contributed by atoms with Gasteiger partial charge in [-0.1, -0.05) is 13.8 Å². The van der Waals surface area contributed by atoms with E-state index in [1.165, 1.54) is 5.56 Å². The maximum atomic E-state index is 5.43. The van der Waals surface area contributed by atoms with E-state index < -0.39 is 0 Å². The van der Waals surface area contributed by atoms with Crippen molar-refractivity contribution in [2.75, 3.05) is 25.1 Å². The molecule has 112 valence electrons. The van der Waals surface area contributed by atoms with Gasteiger partial charge in [0.1, 0.15) is 16.7 Å². The van der Waals surface area contributed by atoms with Gasteiger partial charge in [-0.2, -0.15) is 0 Å². The summed E-state index contributed by atoms with van der Waals surface area (Å²) in [6.45, 7) is 9.12. The molecule has 1 aliphatic heterocycles. The minimum atomic E-state index is 0.626. The summed E-state index contributed by atoms with van der Waals surface area (Å²) in [6.07, 6.45) is 4.22. The molecule has 0 aromatic carbocycles. The Balaban J connectivity index is 2.16. The van der Waals surface area contributed by atoms with Crippen molar-refractivity contribution >= 4 is 17.6 Å². The molecule has 1 fully saturated rings. The number of hydrogen-bond acceptors (Lipinski definition) is 5. The Morgan fingerprint density at radius 3 is 2.65 bits per heavy atom. The molecule has 0 aliphatic carbocycles. The van der Waals surface area contributed by atoms with Crippen LogP contribution >= 0.6 is 11.8 Å². The third-order valence-electron chi connectivity index (χ3n) is 3.45. The average Bonchev–Trinajstić information content (AvgIpc) is 2.49. The molecular formula is C15H25N3OS. The summed E-state index contributed by atoms with van der Waals surface area (Å²) < 4.78 is 5.43. The van der Waals surface area contributed by atoms with Gasteiger partial charge in [0, 0.05) is 37.0 Å². The monoisotopic (exact) mass is 295 g/mol. The van der Waals surface area contributed by atoms with Crippen LogP contribution in [0.3, 0.4) is 0 Å². The molecule has 1 N–H and O–H groups in total. The number of hydrogen-bond donors (Lipinski definition) is 1. The van der Waals surface area contributed by atoms with Gasteiger partial charge in [-0.25, -0.2) is 9.97 Å². The molecule has 0 bridgehead atoms. The van der Waals surface area contributed by atoms with Crippen molar-refractivity contribution in [3.8, 4) is 0 Å². The Morgan fingerprint density at radius 2 is 2.00 bits per heavy atom. The second-order valence-electron chi connectivity index (χ2n) is 5.13. The fourth-order valence-electron chi connectivity index (χ4n) is 2.18. The highest BCUT2D eigenvalue weighted by molar-refractivity contribution is 7.99. The van der Waals surface area contributed by atoms with Crippen LogP contribution in [0.25, 0.3) is 0 Å². The number of anilines is 1. The Bertz CT molecular complexity index is 433. The van der Waals surface area contributed by atoms with Gasteiger partial charge in [0.15, 0.2) is 0 Å². The number of ether oxygens (including phenoxy) is 1. The fraction of sp³-hybridized carbons (Fsp3) is 0.733. The number of nitrogens with one attached hydrogen (secondary N) is 1. The van der Waals surface area contributed by atoms with Crippen LogP contribution in [0.4, 0.5) is 5.82 Å². The normalized spacial score (nSPS) is 16.4. The Kier molecular flexibility index (Phi) is 6.10. The predicted octanol–water partition coefficient (Wildman–Crippen LogP) is 3.44. The van der Waals surface area contributed by atoms with Gasteiger partial charge in [-0.05, 0) is 26.2 Å². The highest BCUT2D eigenvalue weighted by Gasteiger charge is 2.19. The molecule has 2 heterocycles. The molecule has 0 unspecified atom stereocenters. The highest BCUT2D eigenvalue weighted by atomic mass is 32.2. The molecule has 0 radical (unpaired) electrons. The van der Waals surface area contributed by atoms with Crippen LogP contribution in [0.1, 0.15) is 44.5 Å². The molecule has 1 saturated heterocycles. The van der Waals surface area contributed by atoms with E-state index >= 15 is 0 Å². The lowest BCUT2D eigenvalue weighted by atomic mass is 10.2. The van der Waals surface area contributed by atoms with E-state index in [2.05, 4.69) is 31.1 Å². The minimum Gasteiger partial charge on any atom is -0.381 e. The van der Waals surface area contributed by atoms with Crippen molar-refractivity contribution in [3.05, 3.63) is 11.4 Å². The molecular weight excluding hydrogens is 270 g/mol. The summed E-state index contributed by atoms with van der Waals surface area (Å²) in [7, 11) is 0. The Hall–Kier alpha value is -0.810. The zero-order chi connectivity index (χ0) is 14.4. The SMILES string of the molecule is CCCNc1nc(CC)nc(SC2CCOCC2)c1C. The first-order valence-electron chi connectivity index (χ1n) is 7.60. The summed E-state index contributed by atoms with van der Waals surface area (Å²) in [5.41, 5.74) is 1.19. The molecule has 0 atom stereocenters. The van der Waals surface area contributed by atoms with Crippen LogP contribution in [0.2, 0.25) is 0 Å². The fourth-order valence-corrected chi connectivity index (χ4v) is 3.36. The van der Waals surface area contributed by atoms with E-state index in [9.17, 15) is 0 Å². The van der Waals surface area contributed by atoms with Crippen molar-refractivity contribution in [3.63, 3.8) is 0 Å². The van der Waals surface area contributed by atoms with Gasteiger partial charge in [-0.15, -0.1) is 11.8 Å². The third-order valence-corrected chi connectivity index (χ3v) is 4.88. The number of aryl methyl sites for hydroxylation is 1. The van der Waals surface area contributed by atoms with Crippen molar-refractivity contribution in [1.29, 1.82) is 0 Å². The molecule has 2 rings (SSSR count). The first-order valence-corrected chi connectivity index (χ1v) is 8.48. The second kappa shape index (κ2) is 7.84. The molecule has 1 aromatic heterocycles. The number of rotatable bonds is 6. The van der Waals surface area contributed by atoms with Crippen molar-refractivity contribution < 1.29 is 4.74 Å². The van der Waals surface area contributed by atoms with Crippen LogP contribution in [0.5, 0.6) is 0 Å². The topological polar surface area (TPSA) is 47.0 Å². The second-order valence-corrected chi connectivity index (χ2v) is 6.42. The van der Waals surface area contributed by atoms with E-state index in [1.807, 2.05) is 11.8 Å². The lowest BCUT2D eigenvalue weighted by molar-refractivity contribution is 0.1000. The van der Waals surface area contributed by atoms with E-state index in [4.69, 9.17) is 9.72 Å². The summed E-state index contributed by atoms with van der Waals surface area (Å²) in [5.74, 6) is 1.94. The molecule has 5 heteroatoms. The van der Waals surface area contributed by atoms with Gasteiger partial charge in [0.25, 0.3) is 0 Å². The zero-order valence-corrected chi connectivity index (χ0v) is 13.6. The summed E-state index contributed by atoms with van der Waals surface area (Å²) in [6, 6.07) is 0. The summed E-state index contributed by atoms with van der Waals surface area (Å²) >= 11 is 1.90. The molecule has 1 aliphatic rings. The molecule has 20 heavy (non-hydrogen) atoms. The standard InChI is InChI=1S/C15H25N3OS/c1-4-8-16-14-11(3)15(18-13(5-2)17-14)20-12-6-9-19-10-7-12/h12H,4-10H2,1-3H3,(H,16,17,18). The quantitative estimate of drug-likeness (QED) is 0.815. The average molecular weight is 295 g/mol. The number of aromatic nitrogens is 2. The van der Waals surface area contributed by atoms with Crippen molar-refractivity contribution in [2.45, 2.75) is 56.7 Å². The van der Waals surface area contributed by atoms with Crippen LogP contribution in [-0.4, -0.2) is 35.0 Å². The first-order chi connectivity index (χ1) is 9.74. The summed E-state index contributed by atoms with van der Waals surface area (Å²) in [4.78, 5) is 9.35. The zero-order valence-electron chi connectivity index (χ0n) is 12.7. The molecule has 1 aromatic rings. The van der Waals surface area contributed by atoms with Gasteiger partial charge >= 0.3 is 0 Å². The van der Waals surface area contributed by atoms with E-state index in [0.717, 1.165) is 62.1 Å². The van der Waals surface area contributed by atoms with Crippen molar-refractivity contribution in [2.24, 2.45) is 0 Å². The van der Waals surface area contributed by atoms with E-state index in [1.54, 1.807) is 0 Å². The van der Waals surface area contributed by atoms with Crippen LogP contribution in [0, 0.1) is 6.92 Å².